The molecule has 2 N–H and O–H groups in total. The molecule has 2 amide bonds. The van der Waals surface area contributed by atoms with Crippen molar-refractivity contribution in [2.24, 2.45) is 5.10 Å². The molecule has 2 aromatic carbocycles. The number of rotatable bonds is 5. The number of fused-ring (bicyclic) bond motifs is 1. The molecule has 1 heterocycles. The number of carbonyl (C=O) groups is 3. The summed E-state index contributed by atoms with van der Waals surface area (Å²) in [5.41, 5.74) is 5.13. The van der Waals surface area contributed by atoms with Crippen LogP contribution in [0.4, 0.5) is 5.69 Å². The number of nitrogens with one attached hydrogen (secondary N) is 1. The smallest absolute Gasteiger partial charge is 0.339 e. The van der Waals surface area contributed by atoms with Gasteiger partial charge in [0.15, 0.2) is 5.76 Å². The van der Waals surface area contributed by atoms with Gasteiger partial charge in [0.05, 0.1) is 29.6 Å². The zero-order valence-electron chi connectivity index (χ0n) is 19.6. The first-order valence-electron chi connectivity index (χ1n) is 11.1. The minimum Gasteiger partial charge on any atom is -0.507 e. The number of hydrogen-bond acceptors (Lipinski definition) is 7. The number of aryl methyl sites for hydroxylation is 1. The van der Waals surface area contributed by atoms with Crippen LogP contribution in [0.25, 0.3) is 0 Å². The molecule has 35 heavy (non-hydrogen) atoms. The number of benzene rings is 2. The van der Waals surface area contributed by atoms with Gasteiger partial charge < -0.3 is 19.2 Å². The molecule has 9 nitrogen and oxygen atoms in total. The normalized spacial score (nSPS) is 13.7. The van der Waals surface area contributed by atoms with Gasteiger partial charge >= 0.3 is 5.97 Å². The van der Waals surface area contributed by atoms with Crippen LogP contribution in [-0.2, 0) is 11.2 Å². The van der Waals surface area contributed by atoms with Crippen LogP contribution in [0.5, 0.6) is 5.75 Å². The van der Waals surface area contributed by atoms with Crippen molar-refractivity contribution in [1.82, 2.24) is 5.43 Å². The van der Waals surface area contributed by atoms with Gasteiger partial charge in [-0.1, -0.05) is 24.3 Å². The molecule has 9 heteroatoms. The second kappa shape index (κ2) is 9.84. The Balaban J connectivity index is 1.63. The van der Waals surface area contributed by atoms with Gasteiger partial charge in [-0.05, 0) is 44.0 Å². The fourth-order valence-electron chi connectivity index (χ4n) is 4.14. The van der Waals surface area contributed by atoms with E-state index in [2.05, 4.69) is 10.5 Å². The van der Waals surface area contributed by atoms with Crippen molar-refractivity contribution < 1.29 is 28.6 Å². The summed E-state index contributed by atoms with van der Waals surface area (Å²) in [6, 6.07) is 12.9. The van der Waals surface area contributed by atoms with Gasteiger partial charge in [-0.15, -0.1) is 0 Å². The van der Waals surface area contributed by atoms with Crippen molar-refractivity contribution >= 4 is 29.2 Å². The van der Waals surface area contributed by atoms with E-state index in [0.717, 1.165) is 6.42 Å². The molecule has 0 bridgehead atoms. The number of anilines is 1. The number of esters is 1. The highest BCUT2D eigenvalue weighted by atomic mass is 16.5. The molecule has 0 unspecified atom stereocenters. The highest BCUT2D eigenvalue weighted by Gasteiger charge is 2.31. The molecule has 1 aromatic heterocycles. The largest absolute Gasteiger partial charge is 0.507 e. The Morgan fingerprint density at radius 2 is 1.74 bits per heavy atom. The highest BCUT2D eigenvalue weighted by molar-refractivity contribution is 6.12. The average molecular weight is 476 g/mol. The molecule has 1 aliphatic rings. The predicted molar refractivity (Wildman–Crippen MR) is 129 cm³/mol. The van der Waals surface area contributed by atoms with Crippen molar-refractivity contribution in [3.63, 3.8) is 0 Å². The fraction of sp³-hybridized carbons (Fsp3) is 0.231. The lowest BCUT2D eigenvalue weighted by molar-refractivity contribution is 0.0601. The summed E-state index contributed by atoms with van der Waals surface area (Å²) in [4.78, 5) is 39.4. The molecule has 0 saturated heterocycles. The van der Waals surface area contributed by atoms with Crippen LogP contribution in [0, 0.1) is 6.92 Å². The van der Waals surface area contributed by atoms with Gasteiger partial charge in [0.2, 0.25) is 0 Å². The molecule has 0 radical (unpaired) electrons. The quantitative estimate of drug-likeness (QED) is 0.427. The third kappa shape index (κ3) is 4.52. The minimum absolute atomic E-state index is 0.110. The topological polar surface area (TPSA) is 121 Å². The molecule has 0 saturated carbocycles. The molecule has 0 aliphatic heterocycles. The molecular formula is C26H25N3O6. The third-order valence-electron chi connectivity index (χ3n) is 5.94. The number of ether oxygens (including phenoxy) is 1. The van der Waals surface area contributed by atoms with Gasteiger partial charge in [-0.25, -0.2) is 10.2 Å². The maximum atomic E-state index is 13.4. The zero-order chi connectivity index (χ0) is 25.1. The van der Waals surface area contributed by atoms with Crippen molar-refractivity contribution in [2.45, 2.75) is 26.2 Å². The monoisotopic (exact) mass is 475 g/mol. The maximum Gasteiger partial charge on any atom is 0.339 e. The summed E-state index contributed by atoms with van der Waals surface area (Å²) >= 11 is 0. The van der Waals surface area contributed by atoms with E-state index < -0.39 is 17.8 Å². The van der Waals surface area contributed by atoms with E-state index in [4.69, 9.17) is 9.15 Å². The lowest BCUT2D eigenvalue weighted by Gasteiger charge is -2.19. The van der Waals surface area contributed by atoms with Crippen LogP contribution in [0.2, 0.25) is 0 Å². The molecule has 180 valence electrons. The number of para-hydroxylation sites is 2. The Hall–Kier alpha value is -4.40. The zero-order valence-corrected chi connectivity index (χ0v) is 19.6. The van der Waals surface area contributed by atoms with E-state index in [-0.39, 0.29) is 22.6 Å². The van der Waals surface area contributed by atoms with Gasteiger partial charge in [0.25, 0.3) is 11.8 Å². The summed E-state index contributed by atoms with van der Waals surface area (Å²) in [5, 5.41) is 14.2. The van der Waals surface area contributed by atoms with E-state index in [1.54, 1.807) is 50.4 Å². The Morgan fingerprint density at radius 1 is 1.06 bits per heavy atom. The van der Waals surface area contributed by atoms with Crippen LogP contribution >= 0.6 is 0 Å². The Morgan fingerprint density at radius 3 is 2.46 bits per heavy atom. The van der Waals surface area contributed by atoms with Crippen molar-refractivity contribution in [3.8, 4) is 5.75 Å². The standard InChI is InChI=1S/C26H25N3O6/c1-15-22-18(27-28-24(31)17-10-5-7-13-20(17)30)11-8-14-21(22)35-23(15)25(32)29(2)19-12-6-4-9-16(19)26(33)34-3/h4-7,9-10,12-13,30H,8,11,14H2,1-3H3,(H,28,31)/b27-18+. The predicted octanol–water partition coefficient (Wildman–Crippen LogP) is 3.83. The van der Waals surface area contributed by atoms with E-state index >= 15 is 0 Å². The number of methoxy groups -OCH3 is 1. The number of aromatic hydroxyl groups is 1. The van der Waals surface area contributed by atoms with Crippen molar-refractivity contribution in [2.75, 3.05) is 19.1 Å². The third-order valence-corrected chi connectivity index (χ3v) is 5.94. The molecule has 0 atom stereocenters. The van der Waals surface area contributed by atoms with Crippen molar-refractivity contribution in [3.05, 3.63) is 82.3 Å². The van der Waals surface area contributed by atoms with Gasteiger partial charge in [0.1, 0.15) is 11.5 Å². The summed E-state index contributed by atoms with van der Waals surface area (Å²) < 4.78 is 10.8. The van der Waals surface area contributed by atoms with Gasteiger partial charge in [-0.2, -0.15) is 5.10 Å². The first-order chi connectivity index (χ1) is 16.8. The highest BCUT2D eigenvalue weighted by Crippen LogP contribution is 2.32. The second-order valence-electron chi connectivity index (χ2n) is 8.10. The lowest BCUT2D eigenvalue weighted by Crippen LogP contribution is -2.28. The molecule has 4 rings (SSSR count). The molecule has 1 aliphatic carbocycles. The van der Waals surface area contributed by atoms with Crippen LogP contribution in [0.3, 0.4) is 0 Å². The van der Waals surface area contributed by atoms with E-state index in [1.807, 2.05) is 0 Å². The summed E-state index contributed by atoms with van der Waals surface area (Å²) in [6.45, 7) is 1.77. The van der Waals surface area contributed by atoms with Crippen LogP contribution < -0.4 is 10.3 Å². The molecular weight excluding hydrogens is 450 g/mol. The number of hydrazone groups is 1. The lowest BCUT2D eigenvalue weighted by atomic mass is 9.93. The van der Waals surface area contributed by atoms with Crippen LogP contribution in [-0.4, -0.2) is 42.8 Å². The maximum absolute atomic E-state index is 13.4. The van der Waals surface area contributed by atoms with Crippen LogP contribution in [0.15, 0.2) is 58.0 Å². The van der Waals surface area contributed by atoms with Gasteiger partial charge in [0, 0.05) is 24.6 Å². The Kier molecular flexibility index (Phi) is 6.68. The Bertz CT molecular complexity index is 1340. The molecule has 3 aromatic rings. The van der Waals surface area contributed by atoms with Crippen molar-refractivity contribution in [1.29, 1.82) is 0 Å². The number of furan rings is 1. The minimum atomic E-state index is -0.551. The fourth-order valence-corrected chi connectivity index (χ4v) is 4.14. The van der Waals surface area contributed by atoms with Gasteiger partial charge in [-0.3, -0.25) is 9.59 Å². The number of nitrogens with zero attached hydrogens (tertiary/aromatic N) is 2. The number of phenolic OH excluding ortho intramolecular Hbond substituents is 1. The number of phenols is 1. The van der Waals surface area contributed by atoms with E-state index in [1.165, 1.54) is 24.1 Å². The van der Waals surface area contributed by atoms with Crippen LogP contribution in [0.1, 0.15) is 61.0 Å². The first kappa shape index (κ1) is 23.7. The summed E-state index contributed by atoms with van der Waals surface area (Å²) in [7, 11) is 2.84. The summed E-state index contributed by atoms with van der Waals surface area (Å²) in [5.74, 6) is -0.909. The number of carbonyl (C=O) groups excluding carboxylic acids is 3. The van der Waals surface area contributed by atoms with E-state index in [9.17, 15) is 19.5 Å². The molecule has 0 spiro atoms. The first-order valence-corrected chi connectivity index (χ1v) is 11.1. The number of amides is 2. The molecule has 0 fully saturated rings. The number of hydrogen-bond donors (Lipinski definition) is 2. The SMILES string of the molecule is COC(=O)c1ccccc1N(C)C(=O)c1oc2c(c1C)/C(=N/NC(=O)c1ccccc1O)CCC2. The Labute approximate surface area is 202 Å². The van der Waals surface area contributed by atoms with E-state index in [0.29, 0.717) is 41.1 Å². The summed E-state index contributed by atoms with van der Waals surface area (Å²) in [6.07, 6.45) is 1.95. The average Bonchev–Trinajstić information content (AvgIpc) is 3.23. The second-order valence-corrected chi connectivity index (χ2v) is 8.10.